The Morgan fingerprint density at radius 2 is 1.80 bits per heavy atom. The lowest BCUT2D eigenvalue weighted by atomic mass is 10.1. The molecule has 0 aliphatic carbocycles. The van der Waals surface area contributed by atoms with Gasteiger partial charge in [-0.3, -0.25) is 19.5 Å². The van der Waals surface area contributed by atoms with Gasteiger partial charge >= 0.3 is 0 Å². The first-order valence-corrected chi connectivity index (χ1v) is 14.8. The predicted octanol–water partition coefficient (Wildman–Crippen LogP) is 5.36. The Labute approximate surface area is 257 Å². The second-order valence-corrected chi connectivity index (χ2v) is 11.1. The van der Waals surface area contributed by atoms with E-state index >= 15 is 0 Å². The number of rotatable bonds is 10. The van der Waals surface area contributed by atoms with Crippen molar-refractivity contribution in [3.63, 3.8) is 0 Å². The molecule has 0 bridgehead atoms. The first kappa shape index (κ1) is 28.7. The van der Waals surface area contributed by atoms with Crippen molar-refractivity contribution in [1.82, 2.24) is 30.5 Å². The molecule has 220 valence electrons. The number of carbonyl (C=O) groups is 2. The Bertz CT molecular complexity index is 1890. The van der Waals surface area contributed by atoms with Crippen LogP contribution in [0.5, 0.6) is 5.75 Å². The number of para-hydroxylation sites is 1. The number of amides is 2. The number of methoxy groups -OCH3 is 1. The molecule has 2 amide bonds. The second kappa shape index (κ2) is 12.8. The van der Waals surface area contributed by atoms with Gasteiger partial charge in [0.15, 0.2) is 0 Å². The number of benzene rings is 3. The molecule has 3 aromatic heterocycles. The van der Waals surface area contributed by atoms with E-state index in [9.17, 15) is 9.59 Å². The third kappa shape index (κ3) is 6.32. The van der Waals surface area contributed by atoms with Gasteiger partial charge in [-0.05, 0) is 53.4 Å². The third-order valence-electron chi connectivity index (χ3n) is 7.11. The van der Waals surface area contributed by atoms with Crippen molar-refractivity contribution in [2.75, 3.05) is 12.0 Å². The van der Waals surface area contributed by atoms with Crippen LogP contribution in [-0.2, 0) is 22.7 Å². The van der Waals surface area contributed by atoms with Crippen molar-refractivity contribution < 1.29 is 14.3 Å². The summed E-state index contributed by atoms with van der Waals surface area (Å²) >= 11 is 1.40. The lowest BCUT2D eigenvalue weighted by molar-refractivity contribution is -0.127. The summed E-state index contributed by atoms with van der Waals surface area (Å²) in [7, 11) is 1.60. The molecule has 0 aliphatic rings. The normalized spacial score (nSPS) is 11.7. The minimum absolute atomic E-state index is 0.237. The summed E-state index contributed by atoms with van der Waals surface area (Å²) in [6.07, 6.45) is 1.62. The lowest BCUT2D eigenvalue weighted by Gasteiger charge is -2.30. The van der Waals surface area contributed by atoms with E-state index in [2.05, 4.69) is 25.7 Å². The number of carbonyl (C=O) groups excluding carboxylic acids is 2. The maximum Gasteiger partial charge on any atom is 0.251 e. The Balaban J connectivity index is 1.34. The van der Waals surface area contributed by atoms with Gasteiger partial charge in [-0.1, -0.05) is 66.2 Å². The van der Waals surface area contributed by atoms with E-state index in [1.165, 1.54) is 21.0 Å². The van der Waals surface area contributed by atoms with Crippen LogP contribution in [0.25, 0.3) is 22.3 Å². The summed E-state index contributed by atoms with van der Waals surface area (Å²) in [5, 5.41) is 18.5. The van der Waals surface area contributed by atoms with E-state index < -0.39 is 11.9 Å². The zero-order valence-electron chi connectivity index (χ0n) is 24.1. The van der Waals surface area contributed by atoms with Gasteiger partial charge in [0.2, 0.25) is 11.7 Å². The number of hydrogen-bond donors (Lipinski definition) is 1. The highest BCUT2D eigenvalue weighted by Crippen LogP contribution is 2.32. The Morgan fingerprint density at radius 1 is 1.00 bits per heavy atom. The minimum Gasteiger partial charge on any atom is -0.497 e. The van der Waals surface area contributed by atoms with Crippen molar-refractivity contribution in [2.45, 2.75) is 26.1 Å². The molecule has 44 heavy (non-hydrogen) atoms. The summed E-state index contributed by atoms with van der Waals surface area (Å²) in [5.74, 6) is 0.401. The predicted molar refractivity (Wildman–Crippen MR) is 169 cm³/mol. The highest BCUT2D eigenvalue weighted by atomic mass is 32.1. The summed E-state index contributed by atoms with van der Waals surface area (Å²) < 4.78 is 5.25. The van der Waals surface area contributed by atoms with E-state index in [-0.39, 0.29) is 19.0 Å². The molecule has 1 N–H and O–H groups in total. The number of fused-ring (bicyclic) bond motifs is 1. The van der Waals surface area contributed by atoms with Crippen LogP contribution in [0.2, 0.25) is 0 Å². The molecule has 0 unspecified atom stereocenters. The van der Waals surface area contributed by atoms with Gasteiger partial charge in [0.1, 0.15) is 18.3 Å². The number of pyridine rings is 1. The summed E-state index contributed by atoms with van der Waals surface area (Å²) in [6, 6.07) is 27.4. The molecule has 0 fully saturated rings. The van der Waals surface area contributed by atoms with Crippen LogP contribution < -0.4 is 15.0 Å². The number of ether oxygens (including phenoxy) is 1. The van der Waals surface area contributed by atoms with E-state index in [0.29, 0.717) is 16.4 Å². The molecule has 11 heteroatoms. The van der Waals surface area contributed by atoms with E-state index in [0.717, 1.165) is 33.3 Å². The Kier molecular flexibility index (Phi) is 8.37. The van der Waals surface area contributed by atoms with Gasteiger partial charge in [0.05, 0.1) is 24.5 Å². The molecule has 3 heterocycles. The minimum atomic E-state index is -0.969. The third-order valence-corrected chi connectivity index (χ3v) is 8.03. The number of thiophene rings is 1. The van der Waals surface area contributed by atoms with Crippen LogP contribution in [0.3, 0.4) is 0 Å². The summed E-state index contributed by atoms with van der Waals surface area (Å²) in [5.41, 5.74) is 4.05. The molecule has 0 aliphatic heterocycles. The van der Waals surface area contributed by atoms with Crippen molar-refractivity contribution in [1.29, 1.82) is 0 Å². The molecule has 6 aromatic rings. The maximum atomic E-state index is 14.2. The number of nitrogens with one attached hydrogen (secondary N) is 1. The fourth-order valence-electron chi connectivity index (χ4n) is 4.80. The van der Waals surface area contributed by atoms with Crippen molar-refractivity contribution >= 4 is 39.7 Å². The molecule has 10 nitrogen and oxygen atoms in total. The van der Waals surface area contributed by atoms with Gasteiger partial charge in [-0.25, -0.2) is 0 Å². The SMILES string of the molecule is COc1ccc(CNC(=O)[C@H](c2cccs2)N(C(=O)Cn2nnc(-c3ccc(C)cc3)n2)c2cnc3ccccc3c2)cc1. The first-order chi connectivity index (χ1) is 21.5. The van der Waals surface area contributed by atoms with Crippen LogP contribution in [0.15, 0.2) is 103 Å². The molecule has 0 spiro atoms. The number of tetrazole rings is 1. The monoisotopic (exact) mass is 603 g/mol. The highest BCUT2D eigenvalue weighted by Gasteiger charge is 2.34. The van der Waals surface area contributed by atoms with Gasteiger partial charge < -0.3 is 10.1 Å². The molecule has 1 atom stereocenters. The molecule has 0 radical (unpaired) electrons. The number of anilines is 1. The zero-order chi connectivity index (χ0) is 30.5. The fraction of sp³-hybridized carbons (Fsp3) is 0.152. The quantitative estimate of drug-likeness (QED) is 0.224. The lowest BCUT2D eigenvalue weighted by Crippen LogP contribution is -2.45. The molecular weight excluding hydrogens is 574 g/mol. The van der Waals surface area contributed by atoms with E-state index in [1.807, 2.05) is 103 Å². The number of hydrogen-bond acceptors (Lipinski definition) is 8. The van der Waals surface area contributed by atoms with E-state index in [4.69, 9.17) is 4.74 Å². The average molecular weight is 604 g/mol. The topological polar surface area (TPSA) is 115 Å². The van der Waals surface area contributed by atoms with Crippen LogP contribution >= 0.6 is 11.3 Å². The number of aromatic nitrogens is 5. The summed E-state index contributed by atoms with van der Waals surface area (Å²) in [4.78, 5) is 36.2. The fourth-order valence-corrected chi connectivity index (χ4v) is 5.62. The van der Waals surface area contributed by atoms with E-state index in [1.54, 1.807) is 13.3 Å². The number of nitrogens with zero attached hydrogens (tertiary/aromatic N) is 6. The average Bonchev–Trinajstić information content (AvgIpc) is 3.76. The Hall–Kier alpha value is -5.42. The molecule has 6 rings (SSSR count). The maximum absolute atomic E-state index is 14.2. The second-order valence-electron chi connectivity index (χ2n) is 10.1. The van der Waals surface area contributed by atoms with Gasteiger partial charge in [0.25, 0.3) is 5.91 Å². The number of aryl methyl sites for hydroxylation is 1. The molecular formula is C33H29N7O3S. The Morgan fingerprint density at radius 3 is 2.55 bits per heavy atom. The molecule has 0 saturated heterocycles. The molecule has 0 saturated carbocycles. The van der Waals surface area contributed by atoms with Crippen LogP contribution in [0, 0.1) is 6.92 Å². The van der Waals surface area contributed by atoms with Gasteiger partial charge in [0, 0.05) is 22.4 Å². The first-order valence-electron chi connectivity index (χ1n) is 13.9. The van der Waals surface area contributed by atoms with Crippen LogP contribution in [0.4, 0.5) is 5.69 Å². The van der Waals surface area contributed by atoms with Crippen molar-refractivity contribution in [3.8, 4) is 17.1 Å². The van der Waals surface area contributed by atoms with Crippen LogP contribution in [-0.4, -0.2) is 44.1 Å². The highest BCUT2D eigenvalue weighted by molar-refractivity contribution is 7.10. The smallest absolute Gasteiger partial charge is 0.251 e. The van der Waals surface area contributed by atoms with Crippen molar-refractivity contribution in [3.05, 3.63) is 119 Å². The zero-order valence-corrected chi connectivity index (χ0v) is 24.9. The van der Waals surface area contributed by atoms with Crippen molar-refractivity contribution in [2.24, 2.45) is 0 Å². The van der Waals surface area contributed by atoms with Crippen LogP contribution in [0.1, 0.15) is 22.0 Å². The standard InChI is InChI=1S/C33H29N7O3S/c1-22-9-13-24(14-10-22)32-36-38-39(37-32)21-30(41)40(26-18-25-6-3-4-7-28(25)34-20-26)31(29-8-5-17-44-29)33(42)35-19-23-11-15-27(43-2)16-12-23/h3-18,20,31H,19,21H2,1-2H3,(H,35,42)/t31-/m0/s1. The molecule has 3 aromatic carbocycles. The van der Waals surface area contributed by atoms with Gasteiger partial charge in [-0.2, -0.15) is 4.80 Å². The largest absolute Gasteiger partial charge is 0.497 e. The summed E-state index contributed by atoms with van der Waals surface area (Å²) in [6.45, 7) is 2.03. The van der Waals surface area contributed by atoms with Gasteiger partial charge in [-0.15, -0.1) is 21.5 Å².